The first-order valence-corrected chi connectivity index (χ1v) is 6.86. The first kappa shape index (κ1) is 16.6. The maximum Gasteiger partial charge on any atom is 0.297 e. The summed E-state index contributed by atoms with van der Waals surface area (Å²) >= 11 is 0. The third-order valence-electron chi connectivity index (χ3n) is 2.91. The van der Waals surface area contributed by atoms with E-state index in [-0.39, 0.29) is 13.2 Å². The van der Waals surface area contributed by atoms with E-state index in [1.807, 2.05) is 18.2 Å². The van der Waals surface area contributed by atoms with Gasteiger partial charge in [0.1, 0.15) is 22.9 Å². The Kier molecular flexibility index (Phi) is 5.83. The number of fused-ring (bicyclic) bond motifs is 1. The smallest absolute Gasteiger partial charge is 0.297 e. The Morgan fingerprint density at radius 2 is 1.70 bits per heavy atom. The summed E-state index contributed by atoms with van der Waals surface area (Å²) < 4.78 is 25.0. The van der Waals surface area contributed by atoms with Crippen LogP contribution in [0.2, 0.25) is 0 Å². The van der Waals surface area contributed by atoms with Gasteiger partial charge in [-0.05, 0) is 29.8 Å². The van der Waals surface area contributed by atoms with Crippen LogP contribution in [-0.4, -0.2) is 22.6 Å². The lowest BCUT2D eigenvalue weighted by Gasteiger charge is -1.96. The molecule has 3 rings (SSSR count). The molecule has 1 heterocycles. The van der Waals surface area contributed by atoms with Crippen LogP contribution >= 0.6 is 0 Å². The average molecular weight is 313 g/mol. The number of hydrogen-bond acceptors (Lipinski definition) is 3. The Bertz CT molecular complexity index is 799. The molecule has 1 aromatic heterocycles. The first-order valence-electron chi connectivity index (χ1n) is 6.86. The fourth-order valence-corrected chi connectivity index (χ4v) is 1.95. The van der Waals surface area contributed by atoms with E-state index in [1.54, 1.807) is 18.3 Å². The molecule has 0 radical (unpaired) electrons. The molecule has 6 heteroatoms. The topological polar surface area (TPSA) is 53.4 Å². The number of aromatic nitrogens is 1. The van der Waals surface area contributed by atoms with Gasteiger partial charge in [0.05, 0.1) is 0 Å². The Hall–Kier alpha value is -2.73. The lowest BCUT2D eigenvalue weighted by molar-refractivity contribution is 0.480. The van der Waals surface area contributed by atoms with Crippen LogP contribution in [0.5, 0.6) is 5.75 Å². The third-order valence-corrected chi connectivity index (χ3v) is 2.91. The van der Waals surface area contributed by atoms with Gasteiger partial charge in [-0.1, -0.05) is 30.3 Å². The van der Waals surface area contributed by atoms with E-state index < -0.39 is 11.6 Å². The molecule has 0 aliphatic rings. The number of rotatable bonds is 2. The SMILES string of the molecule is OBC=Cc1cc(F)cc(F)c1.Oc1cccc2cccnc12. The fourth-order valence-electron chi connectivity index (χ4n) is 1.95. The van der Waals surface area contributed by atoms with Gasteiger partial charge in [0.2, 0.25) is 0 Å². The summed E-state index contributed by atoms with van der Waals surface area (Å²) in [5.74, 6) is 0.414. The van der Waals surface area contributed by atoms with Crippen LogP contribution < -0.4 is 0 Å². The van der Waals surface area contributed by atoms with Crippen molar-refractivity contribution in [1.82, 2.24) is 4.98 Å². The Morgan fingerprint density at radius 3 is 2.35 bits per heavy atom. The molecule has 3 aromatic rings. The number of phenols is 1. The standard InChI is InChI=1S/C9H7NO.C8H7BF2O/c11-8-5-1-3-7-4-2-6-10-9(7)8;10-7-3-6(1-2-9-12)4-8(11)5-7/h1-6,11H;1-5,9,12H. The van der Waals surface area contributed by atoms with Crippen LogP contribution in [0.15, 0.2) is 60.7 Å². The minimum atomic E-state index is -0.618. The normalized spacial score (nSPS) is 10.4. The molecule has 0 aliphatic heterocycles. The Labute approximate surface area is 132 Å². The largest absolute Gasteiger partial charge is 0.506 e. The molecule has 0 spiro atoms. The van der Waals surface area contributed by atoms with Crippen molar-refractivity contribution in [3.8, 4) is 5.75 Å². The van der Waals surface area contributed by atoms with E-state index in [0.29, 0.717) is 11.1 Å². The zero-order chi connectivity index (χ0) is 16.7. The predicted octanol–water partition coefficient (Wildman–Crippen LogP) is 3.22. The molecule has 0 unspecified atom stereocenters. The quantitative estimate of drug-likeness (QED) is 0.714. The second-order valence-corrected chi connectivity index (χ2v) is 4.64. The van der Waals surface area contributed by atoms with E-state index in [9.17, 15) is 13.9 Å². The van der Waals surface area contributed by atoms with Gasteiger partial charge in [0.15, 0.2) is 0 Å². The average Bonchev–Trinajstić information content (AvgIpc) is 2.53. The number of halogens is 2. The Balaban J connectivity index is 0.000000167. The molecule has 2 aromatic carbocycles. The molecule has 0 amide bonds. The van der Waals surface area contributed by atoms with E-state index in [4.69, 9.17) is 5.02 Å². The van der Waals surface area contributed by atoms with Crippen molar-refractivity contribution in [3.05, 3.63) is 77.9 Å². The van der Waals surface area contributed by atoms with Gasteiger partial charge in [-0.15, -0.1) is 0 Å². The van der Waals surface area contributed by atoms with Crippen molar-refractivity contribution in [2.75, 3.05) is 0 Å². The van der Waals surface area contributed by atoms with E-state index >= 15 is 0 Å². The van der Waals surface area contributed by atoms with E-state index in [2.05, 4.69) is 4.98 Å². The molecular weight excluding hydrogens is 299 g/mol. The van der Waals surface area contributed by atoms with E-state index in [0.717, 1.165) is 11.5 Å². The molecular formula is C17H14BF2NO2. The first-order chi connectivity index (χ1) is 11.1. The van der Waals surface area contributed by atoms with Crippen molar-refractivity contribution in [1.29, 1.82) is 0 Å². The van der Waals surface area contributed by atoms with Crippen molar-refractivity contribution in [2.24, 2.45) is 0 Å². The highest BCUT2D eigenvalue weighted by Gasteiger charge is 1.97. The van der Waals surface area contributed by atoms with Gasteiger partial charge in [-0.3, -0.25) is 4.98 Å². The van der Waals surface area contributed by atoms with Gasteiger partial charge in [-0.2, -0.15) is 0 Å². The van der Waals surface area contributed by atoms with Crippen molar-refractivity contribution < 1.29 is 18.9 Å². The minimum Gasteiger partial charge on any atom is -0.506 e. The predicted molar refractivity (Wildman–Crippen MR) is 88.2 cm³/mol. The van der Waals surface area contributed by atoms with Gasteiger partial charge in [0, 0.05) is 17.6 Å². The zero-order valence-corrected chi connectivity index (χ0v) is 12.2. The Morgan fingerprint density at radius 1 is 1.00 bits per heavy atom. The number of pyridine rings is 1. The zero-order valence-electron chi connectivity index (χ0n) is 12.2. The molecule has 23 heavy (non-hydrogen) atoms. The van der Waals surface area contributed by atoms with Crippen LogP contribution in [0.3, 0.4) is 0 Å². The van der Waals surface area contributed by atoms with Crippen LogP contribution in [0.1, 0.15) is 5.56 Å². The molecule has 0 bridgehead atoms. The lowest BCUT2D eigenvalue weighted by atomic mass is 10.0. The highest BCUT2D eigenvalue weighted by atomic mass is 19.1. The molecule has 0 saturated heterocycles. The molecule has 116 valence electrons. The number of phenolic OH excluding ortho intramolecular Hbond substituents is 1. The molecule has 0 fully saturated rings. The van der Waals surface area contributed by atoms with Crippen molar-refractivity contribution >= 4 is 24.5 Å². The van der Waals surface area contributed by atoms with Crippen LogP contribution in [-0.2, 0) is 0 Å². The number of hydrogen-bond donors (Lipinski definition) is 2. The van der Waals surface area contributed by atoms with Crippen LogP contribution in [0, 0.1) is 11.6 Å². The second kappa shape index (κ2) is 8.05. The monoisotopic (exact) mass is 313 g/mol. The van der Waals surface area contributed by atoms with E-state index in [1.165, 1.54) is 24.2 Å². The molecule has 0 atom stereocenters. The maximum atomic E-state index is 12.5. The number of aromatic hydroxyl groups is 1. The van der Waals surface area contributed by atoms with Crippen molar-refractivity contribution in [2.45, 2.75) is 0 Å². The van der Waals surface area contributed by atoms with Gasteiger partial charge in [-0.25, -0.2) is 8.78 Å². The number of para-hydroxylation sites is 1. The summed E-state index contributed by atoms with van der Waals surface area (Å²) in [7, 11) is -0.141. The van der Waals surface area contributed by atoms with Crippen LogP contribution in [0.4, 0.5) is 8.78 Å². The summed E-state index contributed by atoms with van der Waals surface area (Å²) in [6, 6.07) is 12.3. The summed E-state index contributed by atoms with van der Waals surface area (Å²) in [4.78, 5) is 4.03. The molecule has 2 N–H and O–H groups in total. The molecule has 0 saturated carbocycles. The number of benzene rings is 2. The molecule has 3 nitrogen and oxygen atoms in total. The highest BCUT2D eigenvalue weighted by molar-refractivity contribution is 6.34. The number of nitrogens with zero attached hydrogens (tertiary/aromatic N) is 1. The van der Waals surface area contributed by atoms with Gasteiger partial charge >= 0.3 is 0 Å². The summed E-state index contributed by atoms with van der Waals surface area (Å²) in [5, 5.41) is 18.7. The summed E-state index contributed by atoms with van der Waals surface area (Å²) in [6.45, 7) is 0. The summed E-state index contributed by atoms with van der Waals surface area (Å²) in [5.41, 5.74) is 1.07. The minimum absolute atomic E-state index is 0.141. The lowest BCUT2D eigenvalue weighted by Crippen LogP contribution is -1.83. The third kappa shape index (κ3) is 4.90. The van der Waals surface area contributed by atoms with Gasteiger partial charge < -0.3 is 10.1 Å². The van der Waals surface area contributed by atoms with Crippen molar-refractivity contribution in [3.63, 3.8) is 0 Å². The highest BCUT2D eigenvalue weighted by Crippen LogP contribution is 2.20. The molecule has 0 aliphatic carbocycles. The van der Waals surface area contributed by atoms with Crippen LogP contribution in [0.25, 0.3) is 17.0 Å². The second-order valence-electron chi connectivity index (χ2n) is 4.64. The fraction of sp³-hybridized carbons (Fsp3) is 0. The van der Waals surface area contributed by atoms with Gasteiger partial charge in [0.25, 0.3) is 7.48 Å². The maximum absolute atomic E-state index is 12.5. The summed E-state index contributed by atoms with van der Waals surface area (Å²) in [6.07, 6.45) is 3.12.